The van der Waals surface area contributed by atoms with Crippen molar-refractivity contribution in [3.8, 4) is 22.5 Å². The zero-order chi connectivity index (χ0) is 19.7. The second kappa shape index (κ2) is 7.10. The van der Waals surface area contributed by atoms with E-state index < -0.39 is 5.60 Å². The highest BCUT2D eigenvalue weighted by Crippen LogP contribution is 2.33. The van der Waals surface area contributed by atoms with Gasteiger partial charge < -0.3 is 10.4 Å². The van der Waals surface area contributed by atoms with Crippen molar-refractivity contribution in [3.05, 3.63) is 53.6 Å². The summed E-state index contributed by atoms with van der Waals surface area (Å²) in [5.41, 5.74) is 3.88. The minimum atomic E-state index is -0.977. The third kappa shape index (κ3) is 3.75. The molecule has 4 aromatic rings. The second-order valence-corrected chi connectivity index (χ2v) is 7.72. The molecule has 0 saturated heterocycles. The minimum Gasteiger partial charge on any atom is -0.386 e. The Morgan fingerprint density at radius 3 is 2.82 bits per heavy atom. The Hall–Kier alpha value is -3.17. The van der Waals surface area contributed by atoms with E-state index in [1.54, 1.807) is 38.6 Å². The zero-order valence-corrected chi connectivity index (χ0v) is 16.4. The number of aryl methyl sites for hydroxylation is 1. The summed E-state index contributed by atoms with van der Waals surface area (Å²) in [5.74, 6) is 0.510. The van der Waals surface area contributed by atoms with Crippen molar-refractivity contribution < 1.29 is 5.11 Å². The van der Waals surface area contributed by atoms with Crippen LogP contribution in [0.2, 0.25) is 0 Å². The van der Waals surface area contributed by atoms with Crippen molar-refractivity contribution in [1.29, 1.82) is 0 Å². The number of hydrogen-bond donors (Lipinski definition) is 3. The monoisotopic (exact) mass is 393 g/mol. The summed E-state index contributed by atoms with van der Waals surface area (Å²) in [6, 6.07) is 3.74. The lowest BCUT2D eigenvalue weighted by Crippen LogP contribution is -2.15. The summed E-state index contributed by atoms with van der Waals surface area (Å²) in [7, 11) is 0. The van der Waals surface area contributed by atoms with Gasteiger partial charge in [-0.25, -0.2) is 15.0 Å². The van der Waals surface area contributed by atoms with E-state index in [1.165, 1.54) is 11.3 Å². The average molecular weight is 393 g/mol. The molecule has 0 aliphatic heterocycles. The van der Waals surface area contributed by atoms with E-state index in [4.69, 9.17) is 0 Å². The molecule has 3 N–H and O–H groups in total. The van der Waals surface area contributed by atoms with E-state index in [0.29, 0.717) is 11.1 Å². The van der Waals surface area contributed by atoms with E-state index in [0.717, 1.165) is 33.8 Å². The molecule has 28 heavy (non-hydrogen) atoms. The molecule has 0 spiro atoms. The zero-order valence-electron chi connectivity index (χ0n) is 15.6. The average Bonchev–Trinajstić information content (AvgIpc) is 3.30. The van der Waals surface area contributed by atoms with Crippen molar-refractivity contribution in [2.45, 2.75) is 26.4 Å². The number of nitrogens with zero attached hydrogens (tertiary/aromatic N) is 5. The molecule has 8 nitrogen and oxygen atoms in total. The van der Waals surface area contributed by atoms with Crippen LogP contribution in [-0.4, -0.2) is 35.2 Å². The maximum absolute atomic E-state index is 10.3. The van der Waals surface area contributed by atoms with Crippen LogP contribution in [-0.2, 0) is 5.60 Å². The quantitative estimate of drug-likeness (QED) is 0.474. The van der Waals surface area contributed by atoms with Gasteiger partial charge in [0.05, 0.1) is 23.2 Å². The van der Waals surface area contributed by atoms with Crippen LogP contribution in [0.3, 0.4) is 0 Å². The largest absolute Gasteiger partial charge is 0.386 e. The van der Waals surface area contributed by atoms with E-state index in [9.17, 15) is 5.11 Å². The Balaban J connectivity index is 1.64. The fourth-order valence-corrected chi connectivity index (χ4v) is 3.38. The van der Waals surface area contributed by atoms with Crippen LogP contribution in [0.25, 0.3) is 22.5 Å². The molecule has 0 fully saturated rings. The lowest BCUT2D eigenvalue weighted by molar-refractivity contribution is 0.0783. The second-order valence-electron chi connectivity index (χ2n) is 6.86. The molecule has 0 saturated carbocycles. The summed E-state index contributed by atoms with van der Waals surface area (Å²) >= 11 is 1.46. The number of aromatic nitrogens is 6. The first kappa shape index (κ1) is 18.2. The van der Waals surface area contributed by atoms with E-state index in [2.05, 4.69) is 35.5 Å². The Bertz CT molecular complexity index is 1110. The predicted octanol–water partition coefficient (Wildman–Crippen LogP) is 3.66. The molecule has 4 heterocycles. The molecule has 4 rings (SSSR count). The Labute approximate surface area is 165 Å². The standard InChI is InChI=1S/C19H19N7OS/c1-11-4-5-21-17(23-11)25-18-24-15(10-28-18)14-9-22-26-16(14)12-6-13(8-20-7-12)19(2,3)27/h4-10,27H,1-3H3,(H,22,26)(H,21,23,24,25). The number of anilines is 2. The van der Waals surface area contributed by atoms with Gasteiger partial charge in [-0.2, -0.15) is 5.10 Å². The first-order valence-corrected chi connectivity index (χ1v) is 9.52. The highest BCUT2D eigenvalue weighted by atomic mass is 32.1. The van der Waals surface area contributed by atoms with Crippen molar-refractivity contribution in [3.63, 3.8) is 0 Å². The first-order valence-electron chi connectivity index (χ1n) is 8.64. The van der Waals surface area contributed by atoms with Crippen LogP contribution in [0, 0.1) is 6.92 Å². The summed E-state index contributed by atoms with van der Waals surface area (Å²) in [6.45, 7) is 5.37. The summed E-state index contributed by atoms with van der Waals surface area (Å²) in [5, 5.41) is 23.2. The van der Waals surface area contributed by atoms with Gasteiger partial charge in [0.15, 0.2) is 5.13 Å². The Morgan fingerprint density at radius 2 is 2.04 bits per heavy atom. The SMILES string of the molecule is Cc1ccnc(Nc2nc(-c3cn[nH]c3-c3cncc(C(C)(C)O)c3)cs2)n1. The minimum absolute atomic E-state index is 0.510. The summed E-state index contributed by atoms with van der Waals surface area (Å²) in [4.78, 5) is 17.4. The summed E-state index contributed by atoms with van der Waals surface area (Å²) in [6.07, 6.45) is 6.83. The first-order chi connectivity index (χ1) is 13.4. The van der Waals surface area contributed by atoms with Crippen molar-refractivity contribution in [1.82, 2.24) is 30.1 Å². The smallest absolute Gasteiger partial charge is 0.229 e. The molecule has 0 atom stereocenters. The number of aromatic amines is 1. The number of nitrogens with one attached hydrogen (secondary N) is 2. The lowest BCUT2D eigenvalue weighted by Gasteiger charge is -2.17. The van der Waals surface area contributed by atoms with Crippen molar-refractivity contribution >= 4 is 22.4 Å². The molecule has 4 aromatic heterocycles. The van der Waals surface area contributed by atoms with Gasteiger partial charge in [0.2, 0.25) is 5.95 Å². The fraction of sp³-hybridized carbons (Fsp3) is 0.211. The number of aliphatic hydroxyl groups is 1. The van der Waals surface area contributed by atoms with Gasteiger partial charge in [0, 0.05) is 46.4 Å². The number of rotatable bonds is 5. The molecule has 0 amide bonds. The van der Waals surface area contributed by atoms with Gasteiger partial charge in [-0.1, -0.05) is 0 Å². The number of pyridine rings is 1. The fourth-order valence-electron chi connectivity index (χ4n) is 2.67. The number of hydrogen-bond acceptors (Lipinski definition) is 8. The highest BCUT2D eigenvalue weighted by Gasteiger charge is 2.19. The molecular weight excluding hydrogens is 374 g/mol. The summed E-state index contributed by atoms with van der Waals surface area (Å²) < 4.78 is 0. The predicted molar refractivity (Wildman–Crippen MR) is 108 cm³/mol. The molecule has 0 unspecified atom stereocenters. The number of thiazole rings is 1. The normalized spacial score (nSPS) is 11.6. The molecule has 9 heteroatoms. The van der Waals surface area contributed by atoms with Gasteiger partial charge in [0.1, 0.15) is 0 Å². The van der Waals surface area contributed by atoms with E-state index in [-0.39, 0.29) is 0 Å². The van der Waals surface area contributed by atoms with Gasteiger partial charge in [-0.05, 0) is 32.9 Å². The van der Waals surface area contributed by atoms with Crippen molar-refractivity contribution in [2.75, 3.05) is 5.32 Å². The molecular formula is C19H19N7OS. The molecule has 0 aliphatic rings. The number of H-pyrrole nitrogens is 1. The molecule has 142 valence electrons. The highest BCUT2D eigenvalue weighted by molar-refractivity contribution is 7.14. The van der Waals surface area contributed by atoms with Gasteiger partial charge in [0.25, 0.3) is 0 Å². The Kier molecular flexibility index (Phi) is 4.62. The van der Waals surface area contributed by atoms with Crippen LogP contribution in [0.4, 0.5) is 11.1 Å². The van der Waals surface area contributed by atoms with Crippen LogP contribution in [0.15, 0.2) is 42.3 Å². The lowest BCUT2D eigenvalue weighted by atomic mass is 9.97. The topological polar surface area (TPSA) is 113 Å². The Morgan fingerprint density at radius 1 is 1.18 bits per heavy atom. The van der Waals surface area contributed by atoms with E-state index >= 15 is 0 Å². The van der Waals surface area contributed by atoms with Crippen LogP contribution >= 0.6 is 11.3 Å². The van der Waals surface area contributed by atoms with Crippen LogP contribution < -0.4 is 5.32 Å². The maximum atomic E-state index is 10.3. The molecule has 0 radical (unpaired) electrons. The molecule has 0 bridgehead atoms. The molecule has 0 aromatic carbocycles. The van der Waals surface area contributed by atoms with Crippen LogP contribution in [0.1, 0.15) is 25.1 Å². The van der Waals surface area contributed by atoms with Gasteiger partial charge in [-0.3, -0.25) is 10.1 Å². The van der Waals surface area contributed by atoms with Gasteiger partial charge in [-0.15, -0.1) is 11.3 Å². The van der Waals surface area contributed by atoms with Crippen molar-refractivity contribution in [2.24, 2.45) is 0 Å². The van der Waals surface area contributed by atoms with Crippen LogP contribution in [0.5, 0.6) is 0 Å². The third-order valence-corrected chi connectivity index (χ3v) is 4.92. The molecule has 0 aliphatic carbocycles. The third-order valence-electron chi connectivity index (χ3n) is 4.17. The maximum Gasteiger partial charge on any atom is 0.229 e. The van der Waals surface area contributed by atoms with Gasteiger partial charge >= 0.3 is 0 Å². The van der Waals surface area contributed by atoms with E-state index in [1.807, 2.05) is 24.4 Å².